The van der Waals surface area contributed by atoms with E-state index in [9.17, 15) is 0 Å². The first kappa shape index (κ1) is 9.44. The quantitative estimate of drug-likeness (QED) is 0.605. The summed E-state index contributed by atoms with van der Waals surface area (Å²) >= 11 is 0. The third kappa shape index (κ3) is 2.03. The standard InChI is InChI=1S/C10H18O3/c1-3-10(7-12-8-10)6-11-4-9(2)5-13-9/h3-8H2,1-2H3. The predicted molar refractivity (Wildman–Crippen MR) is 48.7 cm³/mol. The lowest BCUT2D eigenvalue weighted by Gasteiger charge is -2.40. The molecule has 0 aromatic carbocycles. The van der Waals surface area contributed by atoms with Crippen molar-refractivity contribution in [2.24, 2.45) is 5.41 Å². The fourth-order valence-electron chi connectivity index (χ4n) is 1.47. The highest BCUT2D eigenvalue weighted by Crippen LogP contribution is 2.33. The monoisotopic (exact) mass is 186 g/mol. The number of rotatable bonds is 5. The molecule has 2 rings (SSSR count). The first-order valence-corrected chi connectivity index (χ1v) is 4.98. The molecule has 0 N–H and O–H groups in total. The minimum atomic E-state index is 0.0273. The molecule has 13 heavy (non-hydrogen) atoms. The zero-order chi connectivity index (χ0) is 9.36. The van der Waals surface area contributed by atoms with Gasteiger partial charge in [0.2, 0.25) is 0 Å². The molecule has 0 radical (unpaired) electrons. The minimum Gasteiger partial charge on any atom is -0.380 e. The highest BCUT2D eigenvalue weighted by molar-refractivity contribution is 4.88. The average Bonchev–Trinajstić information content (AvgIpc) is 2.75. The Balaban J connectivity index is 1.66. The van der Waals surface area contributed by atoms with Crippen LogP contribution in [0, 0.1) is 5.41 Å². The fraction of sp³-hybridized carbons (Fsp3) is 1.00. The van der Waals surface area contributed by atoms with Gasteiger partial charge in [-0.3, -0.25) is 0 Å². The van der Waals surface area contributed by atoms with Gasteiger partial charge in [-0.25, -0.2) is 0 Å². The van der Waals surface area contributed by atoms with Gasteiger partial charge < -0.3 is 14.2 Å². The van der Waals surface area contributed by atoms with Crippen molar-refractivity contribution in [1.82, 2.24) is 0 Å². The van der Waals surface area contributed by atoms with Crippen LogP contribution < -0.4 is 0 Å². The van der Waals surface area contributed by atoms with Crippen LogP contribution in [0.2, 0.25) is 0 Å². The summed E-state index contributed by atoms with van der Waals surface area (Å²) in [6, 6.07) is 0. The molecule has 2 heterocycles. The van der Waals surface area contributed by atoms with Crippen molar-refractivity contribution in [2.75, 3.05) is 33.0 Å². The van der Waals surface area contributed by atoms with Crippen LogP contribution in [0.5, 0.6) is 0 Å². The Bertz CT molecular complexity index is 177. The van der Waals surface area contributed by atoms with Gasteiger partial charge in [0.25, 0.3) is 0 Å². The van der Waals surface area contributed by atoms with Gasteiger partial charge in [0, 0.05) is 5.41 Å². The van der Waals surface area contributed by atoms with Gasteiger partial charge in [0.05, 0.1) is 33.0 Å². The van der Waals surface area contributed by atoms with Crippen LogP contribution in [0.1, 0.15) is 20.3 Å². The van der Waals surface area contributed by atoms with E-state index in [1.807, 2.05) is 0 Å². The van der Waals surface area contributed by atoms with Crippen LogP contribution in [-0.2, 0) is 14.2 Å². The first-order valence-electron chi connectivity index (χ1n) is 4.98. The van der Waals surface area contributed by atoms with E-state index in [2.05, 4.69) is 13.8 Å². The Hall–Kier alpha value is -0.120. The zero-order valence-corrected chi connectivity index (χ0v) is 8.47. The summed E-state index contributed by atoms with van der Waals surface area (Å²) in [6.07, 6.45) is 1.14. The summed E-state index contributed by atoms with van der Waals surface area (Å²) < 4.78 is 16.1. The molecule has 0 aromatic heterocycles. The topological polar surface area (TPSA) is 31.0 Å². The van der Waals surface area contributed by atoms with E-state index in [1.165, 1.54) is 0 Å². The van der Waals surface area contributed by atoms with Crippen LogP contribution in [-0.4, -0.2) is 38.6 Å². The smallest absolute Gasteiger partial charge is 0.112 e. The van der Waals surface area contributed by atoms with E-state index in [-0.39, 0.29) is 5.60 Å². The molecule has 0 amide bonds. The number of hydrogen-bond donors (Lipinski definition) is 0. The van der Waals surface area contributed by atoms with E-state index in [1.54, 1.807) is 0 Å². The van der Waals surface area contributed by atoms with Crippen molar-refractivity contribution in [3.8, 4) is 0 Å². The van der Waals surface area contributed by atoms with Crippen molar-refractivity contribution < 1.29 is 14.2 Å². The molecule has 2 aliphatic heterocycles. The van der Waals surface area contributed by atoms with Gasteiger partial charge in [0.1, 0.15) is 5.60 Å². The van der Waals surface area contributed by atoms with Crippen molar-refractivity contribution >= 4 is 0 Å². The molecule has 1 atom stereocenters. The Kier molecular flexibility index (Phi) is 2.34. The highest BCUT2D eigenvalue weighted by atomic mass is 16.6. The molecule has 1 unspecified atom stereocenters. The summed E-state index contributed by atoms with van der Waals surface area (Å²) in [6.45, 7) is 8.41. The van der Waals surface area contributed by atoms with Crippen LogP contribution >= 0.6 is 0 Å². The van der Waals surface area contributed by atoms with Crippen LogP contribution in [0.3, 0.4) is 0 Å². The van der Waals surface area contributed by atoms with Gasteiger partial charge in [-0.05, 0) is 13.3 Å². The molecule has 0 saturated carbocycles. The minimum absolute atomic E-state index is 0.0273. The summed E-state index contributed by atoms with van der Waals surface area (Å²) in [5.41, 5.74) is 0.338. The SMILES string of the molecule is CCC1(COCC2(C)CO2)COC1. The third-order valence-electron chi connectivity index (χ3n) is 3.02. The number of epoxide rings is 1. The molecular weight excluding hydrogens is 168 g/mol. The summed E-state index contributed by atoms with van der Waals surface area (Å²) in [4.78, 5) is 0. The molecule has 2 aliphatic rings. The molecule has 0 bridgehead atoms. The molecule has 2 saturated heterocycles. The van der Waals surface area contributed by atoms with E-state index in [4.69, 9.17) is 14.2 Å². The second kappa shape index (κ2) is 3.23. The van der Waals surface area contributed by atoms with E-state index in [0.29, 0.717) is 5.41 Å². The maximum atomic E-state index is 5.65. The Morgan fingerprint density at radius 1 is 1.23 bits per heavy atom. The van der Waals surface area contributed by atoms with Crippen molar-refractivity contribution in [3.05, 3.63) is 0 Å². The molecule has 3 heteroatoms. The lowest BCUT2D eigenvalue weighted by atomic mass is 9.84. The summed E-state index contributed by atoms with van der Waals surface area (Å²) in [7, 11) is 0. The number of ether oxygens (including phenoxy) is 3. The summed E-state index contributed by atoms with van der Waals surface area (Å²) in [5, 5.41) is 0. The lowest BCUT2D eigenvalue weighted by Crippen LogP contribution is -2.46. The average molecular weight is 186 g/mol. The first-order chi connectivity index (χ1) is 6.18. The zero-order valence-electron chi connectivity index (χ0n) is 8.47. The fourth-order valence-corrected chi connectivity index (χ4v) is 1.47. The molecule has 3 nitrogen and oxygen atoms in total. The Labute approximate surface area is 79.4 Å². The van der Waals surface area contributed by atoms with Crippen molar-refractivity contribution in [1.29, 1.82) is 0 Å². The van der Waals surface area contributed by atoms with E-state index >= 15 is 0 Å². The van der Waals surface area contributed by atoms with Gasteiger partial charge in [0.15, 0.2) is 0 Å². The predicted octanol–water partition coefficient (Wildman–Crippen LogP) is 1.22. The molecule has 0 aliphatic carbocycles. The van der Waals surface area contributed by atoms with Gasteiger partial charge in [-0.1, -0.05) is 6.92 Å². The van der Waals surface area contributed by atoms with Gasteiger partial charge in [-0.2, -0.15) is 0 Å². The van der Waals surface area contributed by atoms with Crippen LogP contribution in [0.4, 0.5) is 0 Å². The van der Waals surface area contributed by atoms with Crippen LogP contribution in [0.25, 0.3) is 0 Å². The lowest BCUT2D eigenvalue weighted by molar-refractivity contribution is -0.153. The summed E-state index contributed by atoms with van der Waals surface area (Å²) in [5.74, 6) is 0. The second-order valence-corrected chi connectivity index (χ2v) is 4.58. The molecule has 76 valence electrons. The van der Waals surface area contributed by atoms with Gasteiger partial charge in [-0.15, -0.1) is 0 Å². The molecule has 0 spiro atoms. The Morgan fingerprint density at radius 2 is 1.92 bits per heavy atom. The van der Waals surface area contributed by atoms with E-state index < -0.39 is 0 Å². The third-order valence-corrected chi connectivity index (χ3v) is 3.02. The molecular formula is C10H18O3. The van der Waals surface area contributed by atoms with Gasteiger partial charge >= 0.3 is 0 Å². The van der Waals surface area contributed by atoms with Crippen LogP contribution in [0.15, 0.2) is 0 Å². The number of hydrogen-bond acceptors (Lipinski definition) is 3. The maximum Gasteiger partial charge on any atom is 0.112 e. The second-order valence-electron chi connectivity index (χ2n) is 4.58. The van der Waals surface area contributed by atoms with E-state index in [0.717, 1.165) is 39.5 Å². The largest absolute Gasteiger partial charge is 0.380 e. The Morgan fingerprint density at radius 3 is 2.31 bits per heavy atom. The highest BCUT2D eigenvalue weighted by Gasteiger charge is 2.42. The maximum absolute atomic E-state index is 5.65. The molecule has 0 aromatic rings. The van der Waals surface area contributed by atoms with Crippen molar-refractivity contribution in [3.63, 3.8) is 0 Å². The normalized spacial score (nSPS) is 35.5. The molecule has 2 fully saturated rings. The van der Waals surface area contributed by atoms with Crippen molar-refractivity contribution in [2.45, 2.75) is 25.9 Å².